The molecule has 0 radical (unpaired) electrons. The van der Waals surface area contributed by atoms with Crippen molar-refractivity contribution in [3.05, 3.63) is 35.9 Å². The quantitative estimate of drug-likeness (QED) is 0.252. The lowest BCUT2D eigenvalue weighted by Crippen LogP contribution is -2.42. The second kappa shape index (κ2) is 11.2. The molecule has 1 aromatic rings. The molecular formula is C18H28IN3O3. The average molecular weight is 461 g/mol. The second-order valence-corrected chi connectivity index (χ2v) is 5.67. The van der Waals surface area contributed by atoms with Gasteiger partial charge in [0.25, 0.3) is 0 Å². The minimum absolute atomic E-state index is 0. The number of nitrogens with one attached hydrogen (secondary N) is 2. The Morgan fingerprint density at radius 2 is 1.80 bits per heavy atom. The molecule has 1 aliphatic carbocycles. The third kappa shape index (κ3) is 6.74. The molecule has 1 atom stereocenters. The zero-order chi connectivity index (χ0) is 17.4. The van der Waals surface area contributed by atoms with Gasteiger partial charge in [-0.2, -0.15) is 0 Å². The monoisotopic (exact) mass is 461 g/mol. The van der Waals surface area contributed by atoms with Crippen LogP contribution in [0.15, 0.2) is 35.3 Å². The minimum atomic E-state index is -0.730. The van der Waals surface area contributed by atoms with Crippen LogP contribution in [-0.2, 0) is 0 Å². The van der Waals surface area contributed by atoms with Gasteiger partial charge >= 0.3 is 0 Å². The first kappa shape index (κ1) is 21.6. The van der Waals surface area contributed by atoms with E-state index in [0.717, 1.165) is 25.3 Å². The van der Waals surface area contributed by atoms with Crippen LogP contribution in [0.1, 0.15) is 31.4 Å². The smallest absolute Gasteiger partial charge is 0.191 e. The Balaban J connectivity index is 0.00000312. The first-order chi connectivity index (χ1) is 11.7. The van der Waals surface area contributed by atoms with Crippen LogP contribution in [0.2, 0.25) is 0 Å². The van der Waals surface area contributed by atoms with Crippen molar-refractivity contribution in [2.45, 2.75) is 31.9 Å². The molecule has 0 aliphatic heterocycles. The molecule has 0 saturated heterocycles. The molecule has 0 amide bonds. The third-order valence-electron chi connectivity index (χ3n) is 3.87. The summed E-state index contributed by atoms with van der Waals surface area (Å²) in [6.45, 7) is 3.05. The number of methoxy groups -OCH3 is 2. The van der Waals surface area contributed by atoms with Crippen molar-refractivity contribution in [1.29, 1.82) is 0 Å². The van der Waals surface area contributed by atoms with Crippen molar-refractivity contribution in [2.75, 3.05) is 27.3 Å². The fourth-order valence-electron chi connectivity index (χ4n) is 2.55. The SMILES string of the molecule is CCNC(=NCC(O)c1cc(OC)cc(OC)c1)NC1CC=CC1.I. The summed E-state index contributed by atoms with van der Waals surface area (Å²) in [5.74, 6) is 2.02. The van der Waals surface area contributed by atoms with Crippen LogP contribution in [0.3, 0.4) is 0 Å². The van der Waals surface area contributed by atoms with E-state index in [1.54, 1.807) is 32.4 Å². The van der Waals surface area contributed by atoms with Crippen LogP contribution >= 0.6 is 24.0 Å². The lowest BCUT2D eigenvalue weighted by molar-refractivity contribution is 0.186. The maximum Gasteiger partial charge on any atom is 0.191 e. The van der Waals surface area contributed by atoms with Gasteiger partial charge in [-0.25, -0.2) is 0 Å². The lowest BCUT2D eigenvalue weighted by Gasteiger charge is -2.18. The number of guanidine groups is 1. The molecule has 2 rings (SSSR count). The molecular weight excluding hydrogens is 433 g/mol. The van der Waals surface area contributed by atoms with Gasteiger partial charge in [0.1, 0.15) is 11.5 Å². The van der Waals surface area contributed by atoms with E-state index in [0.29, 0.717) is 23.1 Å². The highest BCUT2D eigenvalue weighted by Crippen LogP contribution is 2.26. The Labute approximate surface area is 166 Å². The zero-order valence-corrected chi connectivity index (χ0v) is 17.3. The van der Waals surface area contributed by atoms with Gasteiger partial charge in [0.15, 0.2) is 5.96 Å². The first-order valence-electron chi connectivity index (χ1n) is 8.27. The van der Waals surface area contributed by atoms with E-state index >= 15 is 0 Å². The summed E-state index contributed by atoms with van der Waals surface area (Å²) >= 11 is 0. The molecule has 7 heteroatoms. The highest BCUT2D eigenvalue weighted by Gasteiger charge is 2.14. The van der Waals surface area contributed by atoms with Crippen molar-refractivity contribution in [3.8, 4) is 11.5 Å². The number of hydrogen-bond acceptors (Lipinski definition) is 4. The van der Waals surface area contributed by atoms with Crippen molar-refractivity contribution < 1.29 is 14.6 Å². The number of nitrogens with zero attached hydrogens (tertiary/aromatic N) is 1. The molecule has 0 saturated carbocycles. The molecule has 1 aromatic carbocycles. The van der Waals surface area contributed by atoms with Gasteiger partial charge in [0, 0.05) is 18.7 Å². The van der Waals surface area contributed by atoms with E-state index in [-0.39, 0.29) is 30.5 Å². The van der Waals surface area contributed by atoms with Gasteiger partial charge in [0.05, 0.1) is 26.9 Å². The summed E-state index contributed by atoms with van der Waals surface area (Å²) in [4.78, 5) is 4.50. The summed E-state index contributed by atoms with van der Waals surface area (Å²) in [5.41, 5.74) is 0.716. The number of ether oxygens (including phenoxy) is 2. The molecule has 0 heterocycles. The number of rotatable bonds is 7. The van der Waals surface area contributed by atoms with E-state index in [4.69, 9.17) is 9.47 Å². The summed E-state index contributed by atoms with van der Waals surface area (Å²) in [6.07, 6.45) is 5.60. The third-order valence-corrected chi connectivity index (χ3v) is 3.87. The maximum absolute atomic E-state index is 10.5. The van der Waals surface area contributed by atoms with Crippen LogP contribution < -0.4 is 20.1 Å². The Bertz CT molecular complexity index is 563. The van der Waals surface area contributed by atoms with E-state index in [1.165, 1.54) is 0 Å². The minimum Gasteiger partial charge on any atom is -0.497 e. The molecule has 25 heavy (non-hydrogen) atoms. The molecule has 0 aromatic heterocycles. The fraction of sp³-hybridized carbons (Fsp3) is 0.500. The summed E-state index contributed by atoms with van der Waals surface area (Å²) in [5, 5.41) is 17.0. The average Bonchev–Trinajstić information content (AvgIpc) is 3.12. The molecule has 6 nitrogen and oxygen atoms in total. The Morgan fingerprint density at radius 3 is 2.32 bits per heavy atom. The fourth-order valence-corrected chi connectivity index (χ4v) is 2.55. The van der Waals surface area contributed by atoms with E-state index in [1.807, 2.05) is 6.92 Å². The molecule has 3 N–H and O–H groups in total. The van der Waals surface area contributed by atoms with Gasteiger partial charge < -0.3 is 25.2 Å². The van der Waals surface area contributed by atoms with Crippen LogP contribution in [0.4, 0.5) is 0 Å². The standard InChI is InChI=1S/C18H27N3O3.HI/c1-4-19-18(21-14-7-5-6-8-14)20-12-17(22)13-9-15(23-2)11-16(10-13)24-3;/h5-6,9-11,14,17,22H,4,7-8,12H2,1-3H3,(H2,19,20,21);1H. The second-order valence-electron chi connectivity index (χ2n) is 5.67. The molecule has 0 fully saturated rings. The molecule has 140 valence electrons. The number of aliphatic imine (C=N–C) groups is 1. The molecule has 1 unspecified atom stereocenters. The predicted octanol–water partition coefficient (Wildman–Crippen LogP) is 2.63. The molecule has 0 spiro atoms. The van der Waals surface area contributed by atoms with Gasteiger partial charge in [-0.05, 0) is 37.5 Å². The summed E-state index contributed by atoms with van der Waals surface area (Å²) in [6, 6.07) is 5.74. The van der Waals surface area contributed by atoms with Gasteiger partial charge in [-0.1, -0.05) is 12.2 Å². The number of halogens is 1. The van der Waals surface area contributed by atoms with Crippen molar-refractivity contribution in [2.24, 2.45) is 4.99 Å². The number of benzene rings is 1. The van der Waals surface area contributed by atoms with Crippen LogP contribution in [-0.4, -0.2) is 44.4 Å². The van der Waals surface area contributed by atoms with Gasteiger partial charge in [0.2, 0.25) is 0 Å². The number of aliphatic hydroxyl groups excluding tert-OH is 1. The van der Waals surface area contributed by atoms with Crippen molar-refractivity contribution in [3.63, 3.8) is 0 Å². The largest absolute Gasteiger partial charge is 0.497 e. The zero-order valence-electron chi connectivity index (χ0n) is 15.0. The normalized spacial score (nSPS) is 15.4. The molecule has 1 aliphatic rings. The van der Waals surface area contributed by atoms with Crippen LogP contribution in [0.5, 0.6) is 11.5 Å². The Kier molecular flexibility index (Phi) is 9.66. The number of aliphatic hydroxyl groups is 1. The van der Waals surface area contributed by atoms with Crippen LogP contribution in [0.25, 0.3) is 0 Å². The predicted molar refractivity (Wildman–Crippen MR) is 111 cm³/mol. The van der Waals surface area contributed by atoms with Gasteiger partial charge in [-0.3, -0.25) is 4.99 Å². The van der Waals surface area contributed by atoms with Crippen LogP contribution in [0, 0.1) is 0 Å². The highest BCUT2D eigenvalue weighted by molar-refractivity contribution is 14.0. The Morgan fingerprint density at radius 1 is 1.20 bits per heavy atom. The van der Waals surface area contributed by atoms with Gasteiger partial charge in [-0.15, -0.1) is 24.0 Å². The summed E-state index contributed by atoms with van der Waals surface area (Å²) in [7, 11) is 3.18. The number of hydrogen-bond donors (Lipinski definition) is 3. The Hall–Kier alpha value is -1.48. The summed E-state index contributed by atoms with van der Waals surface area (Å²) < 4.78 is 10.5. The van der Waals surface area contributed by atoms with E-state index in [9.17, 15) is 5.11 Å². The maximum atomic E-state index is 10.5. The first-order valence-corrected chi connectivity index (χ1v) is 8.27. The molecule has 0 bridgehead atoms. The lowest BCUT2D eigenvalue weighted by atomic mass is 10.1. The van der Waals surface area contributed by atoms with Crippen molar-refractivity contribution >= 4 is 29.9 Å². The van der Waals surface area contributed by atoms with Crippen molar-refractivity contribution in [1.82, 2.24) is 10.6 Å². The topological polar surface area (TPSA) is 75.1 Å². The van der Waals surface area contributed by atoms with E-state index < -0.39 is 6.10 Å². The van der Waals surface area contributed by atoms with E-state index in [2.05, 4.69) is 27.8 Å². The highest BCUT2D eigenvalue weighted by atomic mass is 127.